The molecule has 0 aliphatic heterocycles. The molecule has 2 N–H and O–H groups in total. The standard InChI is InChI=1S/C14H23NO4/c1-10-4-2-3-5-11(10)19-8-12(16)15-9-14(6-7-14)13(17)18/h10-11H,2-9H2,1H3,(H,15,16)(H,17,18). The molecule has 19 heavy (non-hydrogen) atoms. The second-order valence-electron chi connectivity index (χ2n) is 5.97. The molecule has 2 atom stereocenters. The fraction of sp³-hybridized carbons (Fsp3) is 0.857. The van der Waals surface area contributed by atoms with E-state index in [1.165, 1.54) is 12.8 Å². The lowest BCUT2D eigenvalue weighted by Crippen LogP contribution is -2.38. The van der Waals surface area contributed by atoms with Gasteiger partial charge in [0.1, 0.15) is 6.61 Å². The van der Waals surface area contributed by atoms with Gasteiger partial charge in [-0.2, -0.15) is 0 Å². The van der Waals surface area contributed by atoms with Crippen LogP contribution in [-0.2, 0) is 14.3 Å². The molecule has 0 saturated heterocycles. The van der Waals surface area contributed by atoms with Crippen molar-refractivity contribution in [3.05, 3.63) is 0 Å². The molecule has 108 valence electrons. The summed E-state index contributed by atoms with van der Waals surface area (Å²) in [7, 11) is 0. The van der Waals surface area contributed by atoms with Crippen molar-refractivity contribution in [2.45, 2.75) is 51.6 Å². The summed E-state index contributed by atoms with van der Waals surface area (Å²) in [6.45, 7) is 2.43. The van der Waals surface area contributed by atoms with Gasteiger partial charge in [-0.15, -0.1) is 0 Å². The van der Waals surface area contributed by atoms with E-state index < -0.39 is 11.4 Å². The summed E-state index contributed by atoms with van der Waals surface area (Å²) in [5.41, 5.74) is -0.701. The topological polar surface area (TPSA) is 75.6 Å². The Morgan fingerprint density at radius 2 is 2.00 bits per heavy atom. The maximum atomic E-state index is 11.7. The normalized spacial score (nSPS) is 28.7. The van der Waals surface area contributed by atoms with Gasteiger partial charge in [-0.25, -0.2) is 0 Å². The number of carbonyl (C=O) groups excluding carboxylic acids is 1. The lowest BCUT2D eigenvalue weighted by molar-refractivity contribution is -0.143. The fourth-order valence-electron chi connectivity index (χ4n) is 2.65. The van der Waals surface area contributed by atoms with Crippen molar-refractivity contribution in [2.75, 3.05) is 13.2 Å². The summed E-state index contributed by atoms with van der Waals surface area (Å²) < 4.78 is 5.64. The number of ether oxygens (including phenoxy) is 1. The lowest BCUT2D eigenvalue weighted by Gasteiger charge is -2.28. The molecule has 0 aromatic rings. The third-order valence-corrected chi connectivity index (χ3v) is 4.39. The Balaban J connectivity index is 1.66. The molecule has 5 heteroatoms. The zero-order valence-corrected chi connectivity index (χ0v) is 11.5. The lowest BCUT2D eigenvalue weighted by atomic mass is 9.88. The van der Waals surface area contributed by atoms with Gasteiger partial charge in [-0.1, -0.05) is 19.8 Å². The SMILES string of the molecule is CC1CCCCC1OCC(=O)NCC1(C(=O)O)CC1. The second kappa shape index (κ2) is 5.90. The van der Waals surface area contributed by atoms with E-state index in [2.05, 4.69) is 12.2 Å². The van der Waals surface area contributed by atoms with Crippen LogP contribution in [0.1, 0.15) is 45.4 Å². The Bertz CT molecular complexity index is 351. The molecule has 1 amide bonds. The van der Waals surface area contributed by atoms with Crippen molar-refractivity contribution in [2.24, 2.45) is 11.3 Å². The fourth-order valence-corrected chi connectivity index (χ4v) is 2.65. The maximum Gasteiger partial charge on any atom is 0.311 e. The molecule has 0 radical (unpaired) electrons. The van der Waals surface area contributed by atoms with Gasteiger partial charge in [0.2, 0.25) is 5.91 Å². The molecular formula is C14H23NO4. The Labute approximate surface area is 113 Å². The average Bonchev–Trinajstić information content (AvgIpc) is 3.16. The van der Waals surface area contributed by atoms with Crippen LogP contribution < -0.4 is 5.32 Å². The average molecular weight is 269 g/mol. The number of amides is 1. The molecule has 2 unspecified atom stereocenters. The number of carboxylic acid groups (broad SMARTS) is 1. The molecule has 0 bridgehead atoms. The van der Waals surface area contributed by atoms with Crippen molar-refractivity contribution < 1.29 is 19.4 Å². The molecule has 0 aromatic carbocycles. The third kappa shape index (κ3) is 3.69. The zero-order valence-electron chi connectivity index (χ0n) is 11.5. The van der Waals surface area contributed by atoms with Crippen LogP contribution in [0.5, 0.6) is 0 Å². The number of carbonyl (C=O) groups is 2. The first-order valence-corrected chi connectivity index (χ1v) is 7.15. The van der Waals surface area contributed by atoms with Crippen LogP contribution >= 0.6 is 0 Å². The van der Waals surface area contributed by atoms with Gasteiger partial charge < -0.3 is 15.2 Å². The number of hydrogen-bond acceptors (Lipinski definition) is 3. The van der Waals surface area contributed by atoms with Gasteiger partial charge in [0, 0.05) is 6.54 Å². The van der Waals surface area contributed by atoms with Crippen LogP contribution in [0.3, 0.4) is 0 Å². The molecular weight excluding hydrogens is 246 g/mol. The van der Waals surface area contributed by atoms with Crippen molar-refractivity contribution in [1.29, 1.82) is 0 Å². The summed E-state index contributed by atoms with van der Waals surface area (Å²) in [6, 6.07) is 0. The second-order valence-corrected chi connectivity index (χ2v) is 5.97. The number of hydrogen-bond donors (Lipinski definition) is 2. The summed E-state index contributed by atoms with van der Waals surface area (Å²) in [6.07, 6.45) is 6.08. The van der Waals surface area contributed by atoms with Gasteiger partial charge >= 0.3 is 5.97 Å². The van der Waals surface area contributed by atoms with Gasteiger partial charge in [0.25, 0.3) is 0 Å². The minimum atomic E-state index is -0.811. The predicted molar refractivity (Wildman–Crippen MR) is 69.7 cm³/mol. The minimum absolute atomic E-state index is 0.0463. The first-order chi connectivity index (χ1) is 9.03. The Hall–Kier alpha value is -1.10. The number of rotatable bonds is 6. The van der Waals surface area contributed by atoms with E-state index in [1.54, 1.807) is 0 Å². The maximum absolute atomic E-state index is 11.7. The van der Waals surface area contributed by atoms with Crippen LogP contribution in [0.2, 0.25) is 0 Å². The Morgan fingerprint density at radius 3 is 2.58 bits per heavy atom. The molecule has 2 aliphatic carbocycles. The van der Waals surface area contributed by atoms with Gasteiger partial charge in [0.15, 0.2) is 0 Å². The highest BCUT2D eigenvalue weighted by Gasteiger charge is 2.50. The van der Waals surface area contributed by atoms with Crippen molar-refractivity contribution in [3.8, 4) is 0 Å². The molecule has 2 rings (SSSR count). The summed E-state index contributed by atoms with van der Waals surface area (Å²) in [4.78, 5) is 22.6. The molecule has 5 nitrogen and oxygen atoms in total. The number of aliphatic carboxylic acids is 1. The molecule has 2 saturated carbocycles. The summed E-state index contributed by atoms with van der Waals surface area (Å²) in [5.74, 6) is -0.504. The predicted octanol–water partition coefficient (Wildman–Crippen LogP) is 1.56. The largest absolute Gasteiger partial charge is 0.481 e. The highest BCUT2D eigenvalue weighted by molar-refractivity contribution is 5.81. The minimum Gasteiger partial charge on any atom is -0.481 e. The Morgan fingerprint density at radius 1 is 1.32 bits per heavy atom. The van der Waals surface area contributed by atoms with Gasteiger partial charge in [0.05, 0.1) is 11.5 Å². The monoisotopic (exact) mass is 269 g/mol. The van der Waals surface area contributed by atoms with Crippen LogP contribution in [0.4, 0.5) is 0 Å². The van der Waals surface area contributed by atoms with E-state index in [4.69, 9.17) is 9.84 Å². The van der Waals surface area contributed by atoms with E-state index in [0.29, 0.717) is 18.8 Å². The number of nitrogens with one attached hydrogen (secondary N) is 1. The smallest absolute Gasteiger partial charge is 0.311 e. The third-order valence-electron chi connectivity index (χ3n) is 4.39. The van der Waals surface area contributed by atoms with Crippen LogP contribution in [-0.4, -0.2) is 36.2 Å². The highest BCUT2D eigenvalue weighted by Crippen LogP contribution is 2.45. The molecule has 0 spiro atoms. The van der Waals surface area contributed by atoms with Crippen LogP contribution in [0.25, 0.3) is 0 Å². The summed E-state index contributed by atoms with van der Waals surface area (Å²) in [5, 5.41) is 11.7. The van der Waals surface area contributed by atoms with Gasteiger partial charge in [-0.05, 0) is 31.6 Å². The van der Waals surface area contributed by atoms with E-state index in [0.717, 1.165) is 12.8 Å². The van der Waals surface area contributed by atoms with Crippen molar-refractivity contribution in [3.63, 3.8) is 0 Å². The van der Waals surface area contributed by atoms with Gasteiger partial charge in [-0.3, -0.25) is 9.59 Å². The quantitative estimate of drug-likeness (QED) is 0.767. The van der Waals surface area contributed by atoms with E-state index in [-0.39, 0.29) is 25.2 Å². The zero-order chi connectivity index (χ0) is 13.9. The van der Waals surface area contributed by atoms with E-state index >= 15 is 0 Å². The first kappa shape index (κ1) is 14.3. The van der Waals surface area contributed by atoms with Crippen LogP contribution in [0, 0.1) is 11.3 Å². The van der Waals surface area contributed by atoms with Crippen molar-refractivity contribution in [1.82, 2.24) is 5.32 Å². The van der Waals surface area contributed by atoms with Crippen molar-refractivity contribution >= 4 is 11.9 Å². The highest BCUT2D eigenvalue weighted by atomic mass is 16.5. The molecule has 0 aromatic heterocycles. The van der Waals surface area contributed by atoms with E-state index in [1.807, 2.05) is 0 Å². The Kier molecular flexibility index (Phi) is 4.45. The molecule has 2 aliphatic rings. The molecule has 0 heterocycles. The number of carboxylic acids is 1. The molecule has 2 fully saturated rings. The first-order valence-electron chi connectivity index (χ1n) is 7.15. The van der Waals surface area contributed by atoms with E-state index in [9.17, 15) is 9.59 Å². The summed E-state index contributed by atoms with van der Waals surface area (Å²) >= 11 is 0. The van der Waals surface area contributed by atoms with Crippen LogP contribution in [0.15, 0.2) is 0 Å².